The smallest absolute Gasteiger partial charge is 0.165 e. The molecule has 0 amide bonds. The molecule has 146 valence electrons. The average molecular weight is 391 g/mol. The fraction of sp³-hybridized carbons (Fsp3) is 0.111. The monoisotopic (exact) mass is 391 g/mol. The Morgan fingerprint density at radius 1 is 0.700 bits per heavy atom. The molecule has 3 nitrogen and oxygen atoms in total. The molecule has 0 atom stereocenters. The van der Waals surface area contributed by atoms with Crippen molar-refractivity contribution < 1.29 is 10.1 Å². The number of fused-ring (bicyclic) bond motifs is 6. The fourth-order valence-corrected chi connectivity index (χ4v) is 5.10. The minimum absolute atomic E-state index is 0.0581. The highest BCUT2D eigenvalue weighted by Gasteiger charge is 2.36. The number of nitrogens with zero attached hydrogens (tertiary/aromatic N) is 1. The summed E-state index contributed by atoms with van der Waals surface area (Å²) in [5.41, 5.74) is 8.59. The Morgan fingerprint density at radius 3 is 2.23 bits per heavy atom. The molecular weight excluding hydrogens is 370 g/mol. The highest BCUT2D eigenvalue weighted by atomic mass is 17.1. The SMILES string of the molecule is CC1(C)c2ccccc2-c2cc3c4cc(OO)ccc4n(-c4ccccc4)c3cc21. The van der Waals surface area contributed by atoms with Crippen molar-refractivity contribution in [2.24, 2.45) is 0 Å². The van der Waals surface area contributed by atoms with Crippen LogP contribution in [0.3, 0.4) is 0 Å². The van der Waals surface area contributed by atoms with Crippen molar-refractivity contribution in [3.8, 4) is 22.6 Å². The molecular formula is C27H21NO2. The predicted octanol–water partition coefficient (Wildman–Crippen LogP) is 6.94. The zero-order chi connectivity index (χ0) is 20.5. The standard InChI is InChI=1S/C27H21NO2/c1-27(2)23-11-7-6-10-19(23)20-15-22-21-14-18(30-29)12-13-25(21)28(26(22)16-24(20)27)17-8-4-3-5-9-17/h3-16,29H,1-2H3. The van der Waals surface area contributed by atoms with E-state index in [0.717, 1.165) is 27.5 Å². The number of hydrogen-bond acceptors (Lipinski definition) is 2. The summed E-state index contributed by atoms with van der Waals surface area (Å²) in [6.07, 6.45) is 0. The maximum atomic E-state index is 9.24. The van der Waals surface area contributed by atoms with Gasteiger partial charge in [-0.15, -0.1) is 0 Å². The van der Waals surface area contributed by atoms with Gasteiger partial charge in [-0.25, -0.2) is 5.26 Å². The molecule has 4 aromatic carbocycles. The third-order valence-corrected chi connectivity index (χ3v) is 6.56. The molecule has 0 fully saturated rings. The summed E-state index contributed by atoms with van der Waals surface area (Å²) in [6.45, 7) is 4.60. The second kappa shape index (κ2) is 5.97. The maximum Gasteiger partial charge on any atom is 0.165 e. The van der Waals surface area contributed by atoms with E-state index < -0.39 is 0 Å². The molecule has 1 aliphatic carbocycles. The lowest BCUT2D eigenvalue weighted by Gasteiger charge is -2.21. The molecule has 1 heterocycles. The normalized spacial score (nSPS) is 14.1. The second-order valence-electron chi connectivity index (χ2n) is 8.53. The predicted molar refractivity (Wildman–Crippen MR) is 122 cm³/mol. The van der Waals surface area contributed by atoms with E-state index in [1.165, 1.54) is 22.3 Å². The first kappa shape index (κ1) is 17.3. The highest BCUT2D eigenvalue weighted by Crippen LogP contribution is 2.51. The van der Waals surface area contributed by atoms with Gasteiger partial charge in [0, 0.05) is 21.9 Å². The van der Waals surface area contributed by atoms with Gasteiger partial charge in [-0.1, -0.05) is 56.3 Å². The van der Waals surface area contributed by atoms with Gasteiger partial charge in [0.05, 0.1) is 11.0 Å². The van der Waals surface area contributed by atoms with Gasteiger partial charge in [-0.2, -0.15) is 0 Å². The van der Waals surface area contributed by atoms with Crippen LogP contribution < -0.4 is 4.89 Å². The highest BCUT2D eigenvalue weighted by molar-refractivity contribution is 6.12. The third kappa shape index (κ3) is 2.18. The van der Waals surface area contributed by atoms with Crippen LogP contribution in [0.25, 0.3) is 38.6 Å². The molecule has 0 bridgehead atoms. The molecule has 0 spiro atoms. The fourth-order valence-electron chi connectivity index (χ4n) is 5.10. The summed E-state index contributed by atoms with van der Waals surface area (Å²) in [6, 6.07) is 29.5. The van der Waals surface area contributed by atoms with Gasteiger partial charge in [0.1, 0.15) is 0 Å². The average Bonchev–Trinajstić information content (AvgIpc) is 3.22. The molecule has 0 radical (unpaired) electrons. The zero-order valence-electron chi connectivity index (χ0n) is 16.9. The molecule has 1 aromatic heterocycles. The Bertz CT molecular complexity index is 1440. The molecule has 1 N–H and O–H groups in total. The van der Waals surface area contributed by atoms with Crippen LogP contribution in [0.2, 0.25) is 0 Å². The lowest BCUT2D eigenvalue weighted by molar-refractivity contribution is -0.137. The van der Waals surface area contributed by atoms with E-state index in [2.05, 4.69) is 84.0 Å². The molecule has 0 aliphatic heterocycles. The largest absolute Gasteiger partial charge is 0.340 e. The topological polar surface area (TPSA) is 34.4 Å². The molecule has 0 unspecified atom stereocenters. The van der Waals surface area contributed by atoms with Crippen molar-refractivity contribution in [2.45, 2.75) is 19.3 Å². The van der Waals surface area contributed by atoms with E-state index in [0.29, 0.717) is 5.75 Å². The third-order valence-electron chi connectivity index (χ3n) is 6.56. The maximum absolute atomic E-state index is 9.24. The first-order valence-electron chi connectivity index (χ1n) is 10.2. The van der Waals surface area contributed by atoms with E-state index in [1.54, 1.807) is 6.07 Å². The van der Waals surface area contributed by atoms with Crippen LogP contribution in [0, 0.1) is 0 Å². The Morgan fingerprint density at radius 2 is 1.43 bits per heavy atom. The molecule has 1 aliphatic rings. The van der Waals surface area contributed by atoms with Crippen molar-refractivity contribution in [3.05, 3.63) is 96.1 Å². The van der Waals surface area contributed by atoms with Gasteiger partial charge in [-0.3, -0.25) is 0 Å². The van der Waals surface area contributed by atoms with E-state index in [-0.39, 0.29) is 5.41 Å². The van der Waals surface area contributed by atoms with Crippen LogP contribution >= 0.6 is 0 Å². The quantitative estimate of drug-likeness (QED) is 0.261. The first-order chi connectivity index (χ1) is 14.6. The molecule has 3 heteroatoms. The number of hydrogen-bond donors (Lipinski definition) is 1. The van der Waals surface area contributed by atoms with Crippen LogP contribution in [-0.2, 0) is 5.41 Å². The number of para-hydroxylation sites is 1. The minimum atomic E-state index is -0.0581. The lowest BCUT2D eigenvalue weighted by atomic mass is 9.82. The molecule has 6 rings (SSSR count). The number of aromatic nitrogens is 1. The van der Waals surface area contributed by atoms with Gasteiger partial charge in [0.2, 0.25) is 0 Å². The minimum Gasteiger partial charge on any atom is -0.340 e. The summed E-state index contributed by atoms with van der Waals surface area (Å²) in [5, 5.41) is 11.5. The van der Waals surface area contributed by atoms with Crippen LogP contribution in [0.1, 0.15) is 25.0 Å². The number of rotatable bonds is 2. The van der Waals surface area contributed by atoms with Crippen LogP contribution in [0.15, 0.2) is 84.9 Å². The van der Waals surface area contributed by atoms with Crippen LogP contribution in [0.5, 0.6) is 5.75 Å². The molecule has 0 saturated carbocycles. The van der Waals surface area contributed by atoms with Crippen LogP contribution in [-0.4, -0.2) is 9.82 Å². The summed E-state index contributed by atoms with van der Waals surface area (Å²) in [4.78, 5) is 4.56. The van der Waals surface area contributed by atoms with Crippen molar-refractivity contribution in [1.29, 1.82) is 0 Å². The molecule has 30 heavy (non-hydrogen) atoms. The Balaban J connectivity index is 1.78. The van der Waals surface area contributed by atoms with Gasteiger partial charge in [-0.05, 0) is 64.7 Å². The summed E-state index contributed by atoms with van der Waals surface area (Å²) < 4.78 is 2.30. The van der Waals surface area contributed by atoms with Crippen molar-refractivity contribution in [1.82, 2.24) is 4.57 Å². The first-order valence-corrected chi connectivity index (χ1v) is 10.2. The van der Waals surface area contributed by atoms with E-state index >= 15 is 0 Å². The van der Waals surface area contributed by atoms with Crippen LogP contribution in [0.4, 0.5) is 0 Å². The van der Waals surface area contributed by atoms with Gasteiger partial charge >= 0.3 is 0 Å². The van der Waals surface area contributed by atoms with E-state index in [9.17, 15) is 5.26 Å². The number of benzene rings is 4. The van der Waals surface area contributed by atoms with E-state index in [1.807, 2.05) is 18.2 Å². The molecule has 5 aromatic rings. The summed E-state index contributed by atoms with van der Waals surface area (Å²) >= 11 is 0. The van der Waals surface area contributed by atoms with E-state index in [4.69, 9.17) is 0 Å². The van der Waals surface area contributed by atoms with Crippen molar-refractivity contribution in [3.63, 3.8) is 0 Å². The van der Waals surface area contributed by atoms with Crippen molar-refractivity contribution in [2.75, 3.05) is 0 Å². The molecule has 0 saturated heterocycles. The van der Waals surface area contributed by atoms with Crippen molar-refractivity contribution >= 4 is 21.8 Å². The Labute approximate surface area is 174 Å². The van der Waals surface area contributed by atoms with Gasteiger partial charge < -0.3 is 9.45 Å². The Kier molecular flexibility index (Phi) is 3.45. The van der Waals surface area contributed by atoms with Gasteiger partial charge in [0.15, 0.2) is 5.75 Å². The summed E-state index contributed by atoms with van der Waals surface area (Å²) in [5.74, 6) is 0.441. The second-order valence-corrected chi connectivity index (χ2v) is 8.53. The lowest BCUT2D eigenvalue weighted by Crippen LogP contribution is -2.14. The Hall–Kier alpha value is -3.56. The zero-order valence-corrected chi connectivity index (χ0v) is 16.9. The van der Waals surface area contributed by atoms with Gasteiger partial charge in [0.25, 0.3) is 0 Å². The summed E-state index contributed by atoms with van der Waals surface area (Å²) in [7, 11) is 0.